The first-order chi connectivity index (χ1) is 9.40. The number of nitrogen functional groups attached to an aromatic ring is 1. The van der Waals surface area contributed by atoms with Crippen LogP contribution in [0.15, 0.2) is 18.2 Å². The molecule has 5 nitrogen and oxygen atoms in total. The van der Waals surface area contributed by atoms with Gasteiger partial charge in [0, 0.05) is 51.1 Å². The van der Waals surface area contributed by atoms with E-state index < -0.39 is 0 Å². The summed E-state index contributed by atoms with van der Waals surface area (Å²) >= 11 is 0. The lowest BCUT2D eigenvalue weighted by molar-refractivity contribution is 0.0573. The topological polar surface area (TPSA) is 52.8 Å². The summed E-state index contributed by atoms with van der Waals surface area (Å²) < 4.78 is 0. The second-order valence-electron chi connectivity index (χ2n) is 5.75. The smallest absolute Gasteiger partial charge is 0.256 e. The molecule has 0 aliphatic carbocycles. The van der Waals surface area contributed by atoms with E-state index in [1.54, 1.807) is 6.07 Å². The molecule has 1 heterocycles. The van der Waals surface area contributed by atoms with Crippen molar-refractivity contribution in [1.82, 2.24) is 9.80 Å². The van der Waals surface area contributed by atoms with Crippen LogP contribution in [0.25, 0.3) is 0 Å². The summed E-state index contributed by atoms with van der Waals surface area (Å²) in [6.45, 7) is 4.58. The Morgan fingerprint density at radius 1 is 1.35 bits per heavy atom. The molecule has 1 saturated heterocycles. The van der Waals surface area contributed by atoms with Crippen molar-refractivity contribution in [2.45, 2.75) is 13.0 Å². The van der Waals surface area contributed by atoms with Gasteiger partial charge in [0.25, 0.3) is 5.91 Å². The van der Waals surface area contributed by atoms with Gasteiger partial charge in [-0.25, -0.2) is 0 Å². The highest BCUT2D eigenvalue weighted by atomic mass is 16.2. The van der Waals surface area contributed by atoms with Crippen molar-refractivity contribution < 1.29 is 4.79 Å². The quantitative estimate of drug-likeness (QED) is 0.822. The molecule has 2 rings (SSSR count). The molecule has 0 aromatic heterocycles. The second kappa shape index (κ2) is 5.71. The lowest BCUT2D eigenvalue weighted by Gasteiger charge is -2.38. The zero-order valence-corrected chi connectivity index (χ0v) is 12.8. The van der Waals surface area contributed by atoms with Gasteiger partial charge < -0.3 is 20.4 Å². The Morgan fingerprint density at radius 3 is 2.65 bits per heavy atom. The minimum absolute atomic E-state index is 0.0703. The zero-order valence-electron chi connectivity index (χ0n) is 12.8. The molecule has 1 aromatic rings. The Labute approximate surface area is 120 Å². The molecule has 1 aliphatic rings. The SMILES string of the molecule is CC1CN(C(=O)c2cc(N)ccc2N(C)C)CCN1C. The van der Waals surface area contributed by atoms with E-state index in [4.69, 9.17) is 5.73 Å². The molecule has 1 unspecified atom stereocenters. The molecule has 0 saturated carbocycles. The standard InChI is InChI=1S/C15H24N4O/c1-11-10-19(8-7-18(11)4)15(20)13-9-12(16)5-6-14(13)17(2)3/h5-6,9,11H,7-8,10,16H2,1-4H3. The lowest BCUT2D eigenvalue weighted by Crippen LogP contribution is -2.52. The van der Waals surface area contributed by atoms with Gasteiger partial charge in [-0.15, -0.1) is 0 Å². The minimum Gasteiger partial charge on any atom is -0.399 e. The Kier molecular flexibility index (Phi) is 4.18. The van der Waals surface area contributed by atoms with Crippen LogP contribution in [0.5, 0.6) is 0 Å². The monoisotopic (exact) mass is 276 g/mol. The predicted molar refractivity (Wildman–Crippen MR) is 83.2 cm³/mol. The van der Waals surface area contributed by atoms with Crippen LogP contribution in [0, 0.1) is 0 Å². The number of carbonyl (C=O) groups excluding carboxylic acids is 1. The van der Waals surface area contributed by atoms with Crippen LogP contribution in [-0.2, 0) is 0 Å². The number of nitrogens with two attached hydrogens (primary N) is 1. The van der Waals surface area contributed by atoms with Crippen molar-refractivity contribution in [1.29, 1.82) is 0 Å². The van der Waals surface area contributed by atoms with E-state index in [1.807, 2.05) is 36.0 Å². The number of hydrogen-bond acceptors (Lipinski definition) is 4. The van der Waals surface area contributed by atoms with Gasteiger partial charge in [0.1, 0.15) is 0 Å². The molecule has 0 spiro atoms. The zero-order chi connectivity index (χ0) is 14.9. The molecule has 1 atom stereocenters. The van der Waals surface area contributed by atoms with E-state index in [1.165, 1.54) is 0 Å². The number of nitrogens with zero attached hydrogens (tertiary/aromatic N) is 3. The molecule has 2 N–H and O–H groups in total. The fourth-order valence-electron chi connectivity index (χ4n) is 2.52. The van der Waals surface area contributed by atoms with E-state index in [9.17, 15) is 4.79 Å². The molecule has 1 fully saturated rings. The average molecular weight is 276 g/mol. The highest BCUT2D eigenvalue weighted by molar-refractivity contribution is 6.00. The van der Waals surface area contributed by atoms with Crippen LogP contribution in [-0.4, -0.2) is 62.5 Å². The van der Waals surface area contributed by atoms with E-state index in [0.717, 1.165) is 25.3 Å². The number of carbonyl (C=O) groups is 1. The molecule has 1 aromatic carbocycles. The molecule has 1 amide bonds. The summed E-state index contributed by atoms with van der Waals surface area (Å²) in [6.07, 6.45) is 0. The number of benzene rings is 1. The maximum absolute atomic E-state index is 12.8. The van der Waals surface area contributed by atoms with Gasteiger partial charge in [-0.2, -0.15) is 0 Å². The first-order valence-electron chi connectivity index (χ1n) is 6.96. The van der Waals surface area contributed by atoms with Crippen molar-refractivity contribution in [2.24, 2.45) is 0 Å². The Balaban J connectivity index is 2.27. The summed E-state index contributed by atoms with van der Waals surface area (Å²) in [4.78, 5) is 18.9. The van der Waals surface area contributed by atoms with Crippen LogP contribution in [0.1, 0.15) is 17.3 Å². The number of piperazine rings is 1. The second-order valence-corrected chi connectivity index (χ2v) is 5.75. The van der Waals surface area contributed by atoms with Gasteiger partial charge in [-0.05, 0) is 32.2 Å². The Hall–Kier alpha value is -1.75. The van der Waals surface area contributed by atoms with Crippen molar-refractivity contribution in [3.05, 3.63) is 23.8 Å². The van der Waals surface area contributed by atoms with Crippen molar-refractivity contribution in [3.63, 3.8) is 0 Å². The van der Waals surface area contributed by atoms with Crippen LogP contribution in [0.2, 0.25) is 0 Å². The summed E-state index contributed by atoms with van der Waals surface area (Å²) in [6, 6.07) is 5.90. The van der Waals surface area contributed by atoms with Gasteiger partial charge in [0.2, 0.25) is 0 Å². The summed E-state index contributed by atoms with van der Waals surface area (Å²) in [5.74, 6) is 0.0703. The van der Waals surface area contributed by atoms with Gasteiger partial charge in [-0.3, -0.25) is 4.79 Å². The predicted octanol–water partition coefficient (Wildman–Crippen LogP) is 1.11. The number of anilines is 2. The van der Waals surface area contributed by atoms with Gasteiger partial charge in [0.05, 0.1) is 5.56 Å². The van der Waals surface area contributed by atoms with Crippen molar-refractivity contribution >= 4 is 17.3 Å². The number of hydrogen-bond donors (Lipinski definition) is 1. The molecular weight excluding hydrogens is 252 g/mol. The largest absolute Gasteiger partial charge is 0.399 e. The summed E-state index contributed by atoms with van der Waals surface area (Å²) in [7, 11) is 5.97. The summed E-state index contributed by atoms with van der Waals surface area (Å²) in [5, 5.41) is 0. The molecule has 0 bridgehead atoms. The number of likely N-dealkylation sites (N-methyl/N-ethyl adjacent to an activating group) is 1. The first-order valence-corrected chi connectivity index (χ1v) is 6.96. The molecule has 20 heavy (non-hydrogen) atoms. The first kappa shape index (κ1) is 14.7. The van der Waals surface area contributed by atoms with Gasteiger partial charge >= 0.3 is 0 Å². The Bertz CT molecular complexity index is 501. The normalized spacial score (nSPS) is 20.0. The van der Waals surface area contributed by atoms with Crippen LogP contribution >= 0.6 is 0 Å². The highest BCUT2D eigenvalue weighted by Gasteiger charge is 2.26. The molecule has 0 radical (unpaired) electrons. The molecular formula is C15H24N4O. The van der Waals surface area contributed by atoms with Crippen LogP contribution in [0.4, 0.5) is 11.4 Å². The van der Waals surface area contributed by atoms with Gasteiger partial charge in [0.15, 0.2) is 0 Å². The highest BCUT2D eigenvalue weighted by Crippen LogP contribution is 2.24. The van der Waals surface area contributed by atoms with Crippen molar-refractivity contribution in [3.8, 4) is 0 Å². The lowest BCUT2D eigenvalue weighted by atomic mass is 10.1. The Morgan fingerprint density at radius 2 is 2.05 bits per heavy atom. The van der Waals surface area contributed by atoms with Crippen LogP contribution in [0.3, 0.4) is 0 Å². The third-order valence-corrected chi connectivity index (χ3v) is 3.98. The molecule has 110 valence electrons. The van der Waals surface area contributed by atoms with E-state index in [0.29, 0.717) is 17.3 Å². The van der Waals surface area contributed by atoms with E-state index in [-0.39, 0.29) is 5.91 Å². The van der Waals surface area contributed by atoms with Crippen molar-refractivity contribution in [2.75, 3.05) is 51.4 Å². The van der Waals surface area contributed by atoms with Gasteiger partial charge in [-0.1, -0.05) is 0 Å². The minimum atomic E-state index is 0.0703. The fraction of sp³-hybridized carbons (Fsp3) is 0.533. The maximum atomic E-state index is 12.8. The van der Waals surface area contributed by atoms with Crippen LogP contribution < -0.4 is 10.6 Å². The molecule has 1 aliphatic heterocycles. The number of amides is 1. The number of rotatable bonds is 2. The fourth-order valence-corrected chi connectivity index (χ4v) is 2.52. The summed E-state index contributed by atoms with van der Waals surface area (Å²) in [5.41, 5.74) is 8.07. The third kappa shape index (κ3) is 2.88. The third-order valence-electron chi connectivity index (χ3n) is 3.98. The average Bonchev–Trinajstić information content (AvgIpc) is 2.40. The maximum Gasteiger partial charge on any atom is 0.256 e. The molecule has 5 heteroatoms. The van der Waals surface area contributed by atoms with E-state index in [2.05, 4.69) is 18.9 Å². The van der Waals surface area contributed by atoms with E-state index >= 15 is 0 Å².